The average Bonchev–Trinajstić information content (AvgIpc) is 3.31. The van der Waals surface area contributed by atoms with Crippen LogP contribution in [0, 0.1) is 6.92 Å². The van der Waals surface area contributed by atoms with Gasteiger partial charge in [-0.25, -0.2) is 4.99 Å². The van der Waals surface area contributed by atoms with Crippen molar-refractivity contribution < 1.29 is 4.79 Å². The van der Waals surface area contributed by atoms with Crippen molar-refractivity contribution in [2.24, 2.45) is 12.0 Å². The zero-order chi connectivity index (χ0) is 21.2. The number of aliphatic imine (C=N–C) groups is 1. The number of carbonyl (C=O) groups excluding carboxylic acids is 1. The number of nitrogens with one attached hydrogen (secondary N) is 2. The van der Waals surface area contributed by atoms with Crippen molar-refractivity contribution in [2.75, 3.05) is 26.2 Å². The van der Waals surface area contributed by atoms with Crippen LogP contribution >= 0.6 is 11.3 Å². The van der Waals surface area contributed by atoms with Crippen molar-refractivity contribution in [2.45, 2.75) is 52.0 Å². The van der Waals surface area contributed by atoms with Crippen molar-refractivity contribution in [3.63, 3.8) is 0 Å². The van der Waals surface area contributed by atoms with E-state index in [0.717, 1.165) is 75.9 Å². The number of carbonyl (C=O) groups is 1. The Labute approximate surface area is 182 Å². The van der Waals surface area contributed by atoms with E-state index in [9.17, 15) is 4.79 Å². The first-order valence-corrected chi connectivity index (χ1v) is 11.7. The molecule has 2 aromatic rings. The molecule has 0 spiro atoms. The summed E-state index contributed by atoms with van der Waals surface area (Å²) in [5.41, 5.74) is 0. The van der Waals surface area contributed by atoms with Crippen LogP contribution in [0.5, 0.6) is 0 Å². The van der Waals surface area contributed by atoms with Crippen LogP contribution in [0.15, 0.2) is 22.5 Å². The third kappa shape index (κ3) is 6.83. The smallest absolute Gasteiger partial charge is 0.222 e. The van der Waals surface area contributed by atoms with E-state index in [1.54, 1.807) is 11.3 Å². The van der Waals surface area contributed by atoms with E-state index in [2.05, 4.69) is 38.3 Å². The minimum Gasteiger partial charge on any atom is -0.356 e. The third-order valence-corrected chi connectivity index (χ3v) is 6.31. The lowest BCUT2D eigenvalue weighted by atomic mass is 10.2. The second-order valence-electron chi connectivity index (χ2n) is 7.62. The average molecular weight is 432 g/mol. The first kappa shape index (κ1) is 22.3. The van der Waals surface area contributed by atoms with E-state index < -0.39 is 0 Å². The Morgan fingerprint density at radius 3 is 2.87 bits per heavy atom. The van der Waals surface area contributed by atoms with Gasteiger partial charge in [0.2, 0.25) is 5.91 Å². The number of hydrogen-bond acceptors (Lipinski definition) is 5. The van der Waals surface area contributed by atoms with Crippen LogP contribution in [-0.4, -0.2) is 57.7 Å². The summed E-state index contributed by atoms with van der Waals surface area (Å²) in [7, 11) is 1.95. The first-order chi connectivity index (χ1) is 14.6. The minimum atomic E-state index is 0.299. The highest BCUT2D eigenvalue weighted by atomic mass is 32.1. The number of hydrogen-bond donors (Lipinski definition) is 2. The Bertz CT molecular complexity index is 815. The molecule has 1 fully saturated rings. The van der Waals surface area contributed by atoms with Crippen LogP contribution in [0.1, 0.15) is 48.6 Å². The summed E-state index contributed by atoms with van der Waals surface area (Å²) in [4.78, 5) is 20.2. The lowest BCUT2D eigenvalue weighted by Crippen LogP contribution is -2.40. The molecular weight excluding hydrogens is 398 g/mol. The predicted octanol–water partition coefficient (Wildman–Crippen LogP) is 2.26. The normalized spacial score (nSPS) is 15.3. The molecule has 2 N–H and O–H groups in total. The lowest BCUT2D eigenvalue weighted by molar-refractivity contribution is -0.130. The molecule has 1 aliphatic heterocycles. The molecule has 0 saturated carbocycles. The van der Waals surface area contributed by atoms with E-state index in [-0.39, 0.29) is 0 Å². The van der Waals surface area contributed by atoms with Gasteiger partial charge in [-0.2, -0.15) is 0 Å². The van der Waals surface area contributed by atoms with Crippen molar-refractivity contribution >= 4 is 23.2 Å². The summed E-state index contributed by atoms with van der Waals surface area (Å²) < 4.78 is 1.96. The summed E-state index contributed by atoms with van der Waals surface area (Å²) >= 11 is 1.77. The van der Waals surface area contributed by atoms with E-state index in [0.29, 0.717) is 18.9 Å². The molecule has 9 heteroatoms. The second-order valence-corrected chi connectivity index (χ2v) is 8.65. The van der Waals surface area contributed by atoms with E-state index >= 15 is 0 Å². The van der Waals surface area contributed by atoms with E-state index in [1.807, 2.05) is 23.4 Å². The molecule has 0 aromatic carbocycles. The molecule has 164 valence electrons. The molecule has 8 nitrogen and oxygen atoms in total. The number of rotatable bonds is 9. The fourth-order valence-corrected chi connectivity index (χ4v) is 4.13. The number of likely N-dealkylation sites (tertiary alicyclic amines) is 1. The molecule has 3 rings (SSSR count). The molecule has 0 bridgehead atoms. The van der Waals surface area contributed by atoms with Crippen LogP contribution in [-0.2, 0) is 24.8 Å². The summed E-state index contributed by atoms with van der Waals surface area (Å²) in [6.45, 7) is 5.68. The first-order valence-electron chi connectivity index (χ1n) is 10.8. The monoisotopic (exact) mass is 431 g/mol. The molecule has 0 aliphatic carbocycles. The summed E-state index contributed by atoms with van der Waals surface area (Å²) in [5, 5.41) is 17.2. The summed E-state index contributed by atoms with van der Waals surface area (Å²) in [5.74, 6) is 2.78. The van der Waals surface area contributed by atoms with Crippen LogP contribution in [0.3, 0.4) is 0 Å². The zero-order valence-corrected chi connectivity index (χ0v) is 18.9. The summed E-state index contributed by atoms with van der Waals surface area (Å²) in [6.07, 6.45) is 5.87. The fraction of sp³-hybridized carbons (Fsp3) is 0.619. The number of amides is 1. The molecule has 1 amide bonds. The Balaban J connectivity index is 1.49. The maximum absolute atomic E-state index is 12.1. The number of thiophene rings is 1. The molecular formula is C21H33N7OS. The Hall–Kier alpha value is -2.42. The van der Waals surface area contributed by atoms with Crippen molar-refractivity contribution in [1.29, 1.82) is 0 Å². The number of nitrogens with zero attached hydrogens (tertiary/aromatic N) is 5. The van der Waals surface area contributed by atoms with Gasteiger partial charge in [-0.1, -0.05) is 12.5 Å². The Morgan fingerprint density at radius 2 is 2.10 bits per heavy atom. The Morgan fingerprint density at radius 1 is 1.23 bits per heavy atom. The second kappa shape index (κ2) is 11.7. The SMILES string of the molecule is Cc1nnc(CN=C(NCCCN2CCCCCC2=O)NCCc2cccs2)n1C. The van der Waals surface area contributed by atoms with Gasteiger partial charge in [0.05, 0.1) is 0 Å². The van der Waals surface area contributed by atoms with Gasteiger partial charge in [0, 0.05) is 44.5 Å². The van der Waals surface area contributed by atoms with Crippen molar-refractivity contribution in [3.8, 4) is 0 Å². The largest absolute Gasteiger partial charge is 0.356 e. The lowest BCUT2D eigenvalue weighted by Gasteiger charge is -2.21. The fourth-order valence-electron chi connectivity index (χ4n) is 3.42. The molecule has 3 heterocycles. The number of guanidine groups is 1. The highest BCUT2D eigenvalue weighted by Crippen LogP contribution is 2.11. The van der Waals surface area contributed by atoms with E-state index in [1.165, 1.54) is 4.88 Å². The molecule has 0 atom stereocenters. The molecule has 2 aromatic heterocycles. The number of aryl methyl sites for hydroxylation is 1. The van der Waals surface area contributed by atoms with Crippen LogP contribution in [0.25, 0.3) is 0 Å². The van der Waals surface area contributed by atoms with Gasteiger partial charge in [-0.15, -0.1) is 21.5 Å². The number of aromatic nitrogens is 3. The quantitative estimate of drug-likeness (QED) is 0.361. The van der Waals surface area contributed by atoms with Gasteiger partial charge in [-0.05, 0) is 44.1 Å². The standard InChI is InChI=1S/C21H33N7OS/c1-17-25-26-19(27(17)2)16-24-21(23-12-10-18-8-6-15-30-18)22-11-7-14-28-13-5-3-4-9-20(28)29/h6,8,15H,3-5,7,9-14,16H2,1-2H3,(H2,22,23,24). The molecule has 0 radical (unpaired) electrons. The maximum atomic E-state index is 12.1. The van der Waals surface area contributed by atoms with E-state index in [4.69, 9.17) is 4.99 Å². The van der Waals surface area contributed by atoms with Crippen molar-refractivity contribution in [1.82, 2.24) is 30.3 Å². The zero-order valence-electron chi connectivity index (χ0n) is 18.1. The highest BCUT2D eigenvalue weighted by Gasteiger charge is 2.15. The molecule has 1 aliphatic rings. The van der Waals surface area contributed by atoms with Gasteiger partial charge in [0.1, 0.15) is 12.4 Å². The Kier molecular flexibility index (Phi) is 8.67. The van der Waals surface area contributed by atoms with Gasteiger partial charge < -0.3 is 20.1 Å². The topological polar surface area (TPSA) is 87.4 Å². The summed E-state index contributed by atoms with van der Waals surface area (Å²) in [6, 6.07) is 4.23. The minimum absolute atomic E-state index is 0.299. The van der Waals surface area contributed by atoms with Gasteiger partial charge >= 0.3 is 0 Å². The van der Waals surface area contributed by atoms with Gasteiger partial charge in [0.15, 0.2) is 11.8 Å². The van der Waals surface area contributed by atoms with Crippen LogP contribution in [0.2, 0.25) is 0 Å². The maximum Gasteiger partial charge on any atom is 0.222 e. The van der Waals surface area contributed by atoms with Crippen LogP contribution < -0.4 is 10.6 Å². The molecule has 1 saturated heterocycles. The van der Waals surface area contributed by atoms with Gasteiger partial charge in [0.25, 0.3) is 0 Å². The van der Waals surface area contributed by atoms with Crippen molar-refractivity contribution in [3.05, 3.63) is 34.0 Å². The molecule has 30 heavy (non-hydrogen) atoms. The van der Waals surface area contributed by atoms with Gasteiger partial charge in [-0.3, -0.25) is 4.79 Å². The molecule has 0 unspecified atom stereocenters. The third-order valence-electron chi connectivity index (χ3n) is 5.37. The predicted molar refractivity (Wildman–Crippen MR) is 121 cm³/mol. The van der Waals surface area contributed by atoms with Crippen LogP contribution in [0.4, 0.5) is 0 Å². The highest BCUT2D eigenvalue weighted by molar-refractivity contribution is 7.09.